The van der Waals surface area contributed by atoms with E-state index in [9.17, 15) is 2.74 Å². The molecule has 0 bridgehead atoms. The summed E-state index contributed by atoms with van der Waals surface area (Å²) >= 11 is 0. The van der Waals surface area contributed by atoms with Gasteiger partial charge in [-0.25, -0.2) is 4.98 Å². The second-order valence-corrected chi connectivity index (χ2v) is 33.9. The zero-order valence-corrected chi connectivity index (χ0v) is 59.3. The first-order valence-electron chi connectivity index (χ1n) is 34.8. The van der Waals surface area contributed by atoms with E-state index in [-0.39, 0.29) is 65.8 Å². The smallest absolute Gasteiger partial charge is 0.135 e. The van der Waals surface area contributed by atoms with Crippen LogP contribution in [0.5, 0.6) is 11.5 Å². The Morgan fingerprint density at radius 2 is 0.946 bits per heavy atom. The summed E-state index contributed by atoms with van der Waals surface area (Å²) in [5, 5.41) is 5.25. The van der Waals surface area contributed by atoms with E-state index >= 15 is 0 Å². The average Bonchev–Trinajstić information content (AvgIpc) is 1.43. The number of benzene rings is 10. The number of ether oxygens (including phenoxy) is 1. The number of anilines is 7. The van der Waals surface area contributed by atoms with Gasteiger partial charge in [-0.15, -0.1) is 47.9 Å². The molecule has 1 aromatic heterocycles. The third-order valence-corrected chi connectivity index (χ3v) is 23.8. The van der Waals surface area contributed by atoms with Gasteiger partial charge in [0.15, 0.2) is 0 Å². The molecule has 4 heterocycles. The molecule has 0 saturated carbocycles. The monoisotopic (exact) mass is 1420 g/mol. The molecule has 3 aliphatic rings. The van der Waals surface area contributed by atoms with Crippen LogP contribution < -0.4 is 40.2 Å². The van der Waals surface area contributed by atoms with Crippen LogP contribution in [0.3, 0.4) is 0 Å². The Morgan fingerprint density at radius 3 is 1.59 bits per heavy atom. The van der Waals surface area contributed by atoms with Crippen molar-refractivity contribution >= 4 is 68.8 Å². The van der Waals surface area contributed by atoms with Crippen molar-refractivity contribution in [2.45, 2.75) is 131 Å². The molecule has 0 amide bonds. The van der Waals surface area contributed by atoms with Crippen molar-refractivity contribution in [1.82, 2.24) is 4.98 Å². The molecule has 93 heavy (non-hydrogen) atoms. The van der Waals surface area contributed by atoms with Crippen molar-refractivity contribution in [3.8, 4) is 56.0 Å². The van der Waals surface area contributed by atoms with Gasteiger partial charge >= 0.3 is 0 Å². The maximum absolute atomic E-state index is 9.47. The van der Waals surface area contributed by atoms with Crippen LogP contribution in [0.4, 0.5) is 39.9 Å². The fourth-order valence-electron chi connectivity index (χ4n) is 13.7. The van der Waals surface area contributed by atoms with Crippen LogP contribution in [0.25, 0.3) is 44.5 Å². The van der Waals surface area contributed by atoms with E-state index in [0.29, 0.717) is 28.4 Å². The molecule has 3 aliphatic heterocycles. The number of para-hydroxylation sites is 4. The van der Waals surface area contributed by atoms with Crippen LogP contribution in [-0.2, 0) is 48.1 Å². The summed E-state index contributed by atoms with van der Waals surface area (Å²) in [6.07, 6.45) is 1.93. The molecule has 5 nitrogen and oxygen atoms in total. The number of nitrogens with zero attached hydrogens (tertiary/aromatic N) is 4. The fourth-order valence-corrected chi connectivity index (χ4v) is 19.3. The van der Waals surface area contributed by atoms with Crippen LogP contribution >= 0.6 is 0 Å². The molecule has 0 N–H and O–H groups in total. The summed E-state index contributed by atoms with van der Waals surface area (Å²) in [6, 6.07) is 73.6. The molecule has 0 radical (unpaired) electrons. The molecule has 0 fully saturated rings. The van der Waals surface area contributed by atoms with Crippen LogP contribution in [0, 0.1) is 18.8 Å². The van der Waals surface area contributed by atoms with Crippen molar-refractivity contribution in [3.63, 3.8) is 0 Å². The summed E-state index contributed by atoms with van der Waals surface area (Å²) in [5.74, 6) is 1.79. The van der Waals surface area contributed by atoms with Gasteiger partial charge in [0.25, 0.3) is 0 Å². The number of fused-ring (bicyclic) bond motifs is 10. The predicted octanol–water partition coefficient (Wildman–Crippen LogP) is 20.5. The number of aromatic nitrogens is 1. The van der Waals surface area contributed by atoms with Crippen molar-refractivity contribution < 1.29 is 32.7 Å². The molecule has 7 heteroatoms. The molecule has 0 atom stereocenters. The normalized spacial score (nSPS) is 14.8. The van der Waals surface area contributed by atoms with Gasteiger partial charge in [0.1, 0.15) is 13.9 Å². The van der Waals surface area contributed by atoms with E-state index in [1.54, 1.807) is 0 Å². The van der Waals surface area contributed by atoms with Gasteiger partial charge < -0.3 is 19.4 Å². The summed E-state index contributed by atoms with van der Waals surface area (Å²) < 4.78 is 52.7. The number of hydrogen-bond donors (Lipinski definition) is 0. The summed E-state index contributed by atoms with van der Waals surface area (Å²) in [5.41, 5.74) is 17.4. The second kappa shape index (κ2) is 23.2. The van der Waals surface area contributed by atoms with Crippen LogP contribution in [0.15, 0.2) is 224 Å². The van der Waals surface area contributed by atoms with Gasteiger partial charge in [-0.05, 0) is 140 Å². The molecular formula is C86H83N4OPtSi-3. The van der Waals surface area contributed by atoms with Crippen LogP contribution in [0.2, 0.25) is 0 Å². The SMILES string of the molecule is [2H]c1c([2H])c([2H])c(-c2cccc(-c3cc(-c4cccc(C(C)(C)C)c4)cc(C(C)(C)C)c3)c2N2[CH-]N(c3[c-]c(Oc4[c-]c5c(cc4)[Si]4(c6cc(C(C)(C)C)ccc6-c6ccc(C(C)(C)C)cc64)c4ccccc4N5c4cc(C(C)(C)C)ccn4)ccc3)c3ccccc32)c([2H])c1[2H].[Pt]. The van der Waals surface area contributed by atoms with E-state index in [1.165, 1.54) is 54.1 Å². The van der Waals surface area contributed by atoms with Crippen molar-refractivity contribution in [3.05, 3.63) is 271 Å². The maximum atomic E-state index is 9.47. The van der Waals surface area contributed by atoms with E-state index in [2.05, 4.69) is 276 Å². The maximum Gasteiger partial charge on any atom is 0.135 e. The largest absolute Gasteiger partial charge is 0.509 e. The summed E-state index contributed by atoms with van der Waals surface area (Å²) in [7, 11) is -3.19. The molecule has 470 valence electrons. The quantitative estimate of drug-likeness (QED) is 0.112. The Bertz CT molecular complexity index is 4930. The summed E-state index contributed by atoms with van der Waals surface area (Å²) in [4.78, 5) is 11.7. The number of pyridine rings is 1. The van der Waals surface area contributed by atoms with Crippen molar-refractivity contribution in [2.24, 2.45) is 0 Å². The van der Waals surface area contributed by atoms with Crippen molar-refractivity contribution in [2.75, 3.05) is 14.7 Å². The van der Waals surface area contributed by atoms with Crippen LogP contribution in [-0.4, -0.2) is 13.1 Å². The molecule has 10 aromatic carbocycles. The van der Waals surface area contributed by atoms with Gasteiger partial charge in [0.05, 0.1) is 6.85 Å². The van der Waals surface area contributed by atoms with Crippen molar-refractivity contribution in [1.29, 1.82) is 0 Å². The minimum Gasteiger partial charge on any atom is -0.509 e. The summed E-state index contributed by atoms with van der Waals surface area (Å²) in [6.45, 7) is 36.0. The Hall–Kier alpha value is -8.54. The third-order valence-electron chi connectivity index (χ3n) is 18.9. The first kappa shape index (κ1) is 57.1. The van der Waals surface area contributed by atoms with E-state index in [1.807, 2.05) is 55.3 Å². The molecule has 0 unspecified atom stereocenters. The minimum atomic E-state index is -3.19. The Kier molecular flexibility index (Phi) is 14.2. The van der Waals surface area contributed by atoms with E-state index < -0.39 is 26.2 Å². The molecule has 14 rings (SSSR count). The third kappa shape index (κ3) is 11.2. The molecule has 11 aromatic rings. The van der Waals surface area contributed by atoms with Crippen LogP contribution in [0.1, 0.15) is 139 Å². The standard InChI is InChI=1S/C86H83N4OSi.Pt/c1-82(2,3)60-29-23-28-57(47-60)58-46-59(49-64(48-58)86(13,14)15)69-33-25-32-68(56-26-17-16-18-27-56)81(69)89-55-88(72-34-19-20-35-73(72)89)65-30-24-31-66(53-65)91-67-40-43-77-75(54-67)90(80-52-63(44-45-87-80)85(10,11)12)74-36-21-22-37-76(74)92(77)78-50-61(83(4,5)6)38-41-70(78)71-42-39-62(51-79(71)92)84(7,8)9;/h16-52,55H,1-15H3;/q-3;/i16D,17D,18D,26D,27D;. The topological polar surface area (TPSA) is 31.8 Å². The molecular weight excluding hydrogens is 1330 g/mol. The fraction of sp³-hybridized carbons (Fsp3) is 0.233. The Balaban J connectivity index is 0.00000864. The Morgan fingerprint density at radius 1 is 0.409 bits per heavy atom. The van der Waals surface area contributed by atoms with Gasteiger partial charge in [-0.2, -0.15) is 12.1 Å². The van der Waals surface area contributed by atoms with Gasteiger partial charge in [0, 0.05) is 72.6 Å². The minimum absolute atomic E-state index is 0. The predicted molar refractivity (Wildman–Crippen MR) is 391 cm³/mol. The van der Waals surface area contributed by atoms with Gasteiger partial charge in [0.2, 0.25) is 0 Å². The first-order chi connectivity index (χ1) is 45.8. The number of hydrogen-bond acceptors (Lipinski definition) is 5. The first-order valence-corrected chi connectivity index (χ1v) is 34.3. The van der Waals surface area contributed by atoms with E-state index in [4.69, 9.17) is 13.8 Å². The van der Waals surface area contributed by atoms with E-state index in [0.717, 1.165) is 56.4 Å². The Labute approximate surface area is 575 Å². The zero-order chi connectivity index (χ0) is 68.8. The van der Waals surface area contributed by atoms with Gasteiger partial charge in [-0.3, -0.25) is 0 Å². The molecule has 0 saturated heterocycles. The molecule has 0 aliphatic carbocycles. The molecule has 1 spiro atoms. The van der Waals surface area contributed by atoms with Gasteiger partial charge in [-0.1, -0.05) is 261 Å². The second-order valence-electron chi connectivity index (χ2n) is 30.3. The zero-order valence-electron chi connectivity index (χ0n) is 61.1. The average molecular weight is 1420 g/mol. The number of rotatable bonds is 8.